The molecule has 1 saturated heterocycles. The number of nitrogens with zero attached hydrogens (tertiary/aromatic N) is 1. The fourth-order valence-electron chi connectivity index (χ4n) is 2.59. The number of hydrogen-bond donors (Lipinski definition) is 1. The molecule has 1 aliphatic heterocycles. The van der Waals surface area contributed by atoms with E-state index in [4.69, 9.17) is 0 Å². The molecule has 1 atom stereocenters. The molecule has 1 N–H and O–H groups in total. The molecule has 17 heavy (non-hydrogen) atoms. The standard InChI is InChI=1S/C15H24N2/c1-3-17-10-5-8-14(9-11-17)16-15-7-4-6-13(2)12-15/h4,6-7,12,14,16H,3,5,8-11H2,1-2H3. The zero-order valence-corrected chi connectivity index (χ0v) is 11.1. The molecule has 0 radical (unpaired) electrons. The van der Waals surface area contributed by atoms with Gasteiger partial charge in [-0.05, 0) is 57.0 Å². The van der Waals surface area contributed by atoms with Crippen LogP contribution < -0.4 is 5.32 Å². The lowest BCUT2D eigenvalue weighted by Gasteiger charge is -2.19. The normalized spacial score (nSPS) is 22.1. The van der Waals surface area contributed by atoms with Crippen molar-refractivity contribution in [3.63, 3.8) is 0 Å². The van der Waals surface area contributed by atoms with Crippen molar-refractivity contribution in [3.05, 3.63) is 29.8 Å². The fourth-order valence-corrected chi connectivity index (χ4v) is 2.59. The first kappa shape index (κ1) is 12.4. The molecular weight excluding hydrogens is 208 g/mol. The summed E-state index contributed by atoms with van der Waals surface area (Å²) in [5.41, 5.74) is 2.61. The molecule has 1 unspecified atom stereocenters. The summed E-state index contributed by atoms with van der Waals surface area (Å²) in [6.45, 7) is 8.10. The van der Waals surface area contributed by atoms with E-state index < -0.39 is 0 Å². The van der Waals surface area contributed by atoms with Gasteiger partial charge in [0.15, 0.2) is 0 Å². The third kappa shape index (κ3) is 3.74. The van der Waals surface area contributed by atoms with Gasteiger partial charge in [-0.3, -0.25) is 0 Å². The van der Waals surface area contributed by atoms with E-state index in [-0.39, 0.29) is 0 Å². The number of benzene rings is 1. The summed E-state index contributed by atoms with van der Waals surface area (Å²) >= 11 is 0. The number of hydrogen-bond acceptors (Lipinski definition) is 2. The highest BCUT2D eigenvalue weighted by molar-refractivity contribution is 5.46. The summed E-state index contributed by atoms with van der Waals surface area (Å²) < 4.78 is 0. The highest BCUT2D eigenvalue weighted by Crippen LogP contribution is 2.17. The molecule has 1 aromatic rings. The van der Waals surface area contributed by atoms with Gasteiger partial charge in [0, 0.05) is 18.3 Å². The first-order valence-corrected chi connectivity index (χ1v) is 6.83. The molecule has 1 aliphatic rings. The van der Waals surface area contributed by atoms with Crippen molar-refractivity contribution >= 4 is 5.69 Å². The number of anilines is 1. The minimum atomic E-state index is 0.647. The molecule has 2 nitrogen and oxygen atoms in total. The quantitative estimate of drug-likeness (QED) is 0.860. The van der Waals surface area contributed by atoms with Crippen LogP contribution in [-0.2, 0) is 0 Å². The zero-order chi connectivity index (χ0) is 12.1. The minimum Gasteiger partial charge on any atom is -0.382 e. The lowest BCUT2D eigenvalue weighted by atomic mass is 10.1. The first-order chi connectivity index (χ1) is 8.28. The Kier molecular flexibility index (Phi) is 4.43. The maximum Gasteiger partial charge on any atom is 0.0344 e. The predicted molar refractivity (Wildman–Crippen MR) is 74.6 cm³/mol. The molecule has 2 heteroatoms. The minimum absolute atomic E-state index is 0.647. The lowest BCUT2D eigenvalue weighted by Crippen LogP contribution is -2.26. The molecule has 0 aliphatic carbocycles. The van der Waals surface area contributed by atoms with Crippen LogP contribution in [0.5, 0.6) is 0 Å². The molecule has 2 rings (SSSR count). The second-order valence-corrected chi connectivity index (χ2v) is 5.08. The van der Waals surface area contributed by atoms with Gasteiger partial charge in [0.2, 0.25) is 0 Å². The van der Waals surface area contributed by atoms with Gasteiger partial charge in [-0.1, -0.05) is 19.1 Å². The van der Waals surface area contributed by atoms with Crippen molar-refractivity contribution in [2.75, 3.05) is 25.0 Å². The Labute approximate surface area is 105 Å². The van der Waals surface area contributed by atoms with E-state index in [1.54, 1.807) is 0 Å². The topological polar surface area (TPSA) is 15.3 Å². The molecule has 0 aromatic heterocycles. The zero-order valence-electron chi connectivity index (χ0n) is 11.1. The van der Waals surface area contributed by atoms with Crippen molar-refractivity contribution in [2.45, 2.75) is 39.2 Å². The molecule has 0 bridgehead atoms. The summed E-state index contributed by atoms with van der Waals surface area (Å²) in [7, 11) is 0. The van der Waals surface area contributed by atoms with Gasteiger partial charge in [-0.25, -0.2) is 0 Å². The smallest absolute Gasteiger partial charge is 0.0344 e. The highest BCUT2D eigenvalue weighted by Gasteiger charge is 2.15. The van der Waals surface area contributed by atoms with Gasteiger partial charge >= 0.3 is 0 Å². The Morgan fingerprint density at radius 2 is 2.18 bits per heavy atom. The summed E-state index contributed by atoms with van der Waals surface area (Å²) in [6, 6.07) is 9.34. The number of likely N-dealkylation sites (tertiary alicyclic amines) is 1. The molecule has 0 spiro atoms. The summed E-state index contributed by atoms with van der Waals surface area (Å²) in [4.78, 5) is 2.55. The van der Waals surface area contributed by atoms with E-state index in [1.165, 1.54) is 50.1 Å². The Bertz CT molecular complexity index is 349. The number of nitrogens with one attached hydrogen (secondary N) is 1. The molecule has 94 valence electrons. The van der Waals surface area contributed by atoms with Gasteiger partial charge in [-0.2, -0.15) is 0 Å². The Morgan fingerprint density at radius 1 is 1.29 bits per heavy atom. The van der Waals surface area contributed by atoms with Crippen LogP contribution in [0.2, 0.25) is 0 Å². The molecular formula is C15H24N2. The maximum atomic E-state index is 3.68. The van der Waals surface area contributed by atoms with Crippen molar-refractivity contribution in [1.29, 1.82) is 0 Å². The summed E-state index contributed by atoms with van der Waals surface area (Å²) in [5, 5.41) is 3.68. The maximum absolute atomic E-state index is 3.68. The molecule has 1 aromatic carbocycles. The van der Waals surface area contributed by atoms with Crippen LogP contribution in [0.15, 0.2) is 24.3 Å². The average molecular weight is 232 g/mol. The van der Waals surface area contributed by atoms with E-state index in [0.717, 1.165) is 0 Å². The van der Waals surface area contributed by atoms with Crippen molar-refractivity contribution in [2.24, 2.45) is 0 Å². The molecule has 0 amide bonds. The van der Waals surface area contributed by atoms with Crippen LogP contribution >= 0.6 is 0 Å². The molecule has 0 saturated carbocycles. The van der Waals surface area contributed by atoms with E-state index in [1.807, 2.05) is 0 Å². The van der Waals surface area contributed by atoms with Gasteiger partial charge in [-0.15, -0.1) is 0 Å². The van der Waals surface area contributed by atoms with Crippen LogP contribution in [0.25, 0.3) is 0 Å². The Hall–Kier alpha value is -1.02. The Morgan fingerprint density at radius 3 is 2.94 bits per heavy atom. The van der Waals surface area contributed by atoms with Crippen LogP contribution in [0, 0.1) is 6.92 Å². The lowest BCUT2D eigenvalue weighted by molar-refractivity contribution is 0.300. The monoisotopic (exact) mass is 232 g/mol. The van der Waals surface area contributed by atoms with E-state index >= 15 is 0 Å². The highest BCUT2D eigenvalue weighted by atomic mass is 15.1. The number of rotatable bonds is 3. The van der Waals surface area contributed by atoms with Crippen molar-refractivity contribution in [1.82, 2.24) is 4.90 Å². The van der Waals surface area contributed by atoms with Crippen LogP contribution in [0.4, 0.5) is 5.69 Å². The van der Waals surface area contributed by atoms with Gasteiger partial charge in [0.1, 0.15) is 0 Å². The number of aryl methyl sites for hydroxylation is 1. The van der Waals surface area contributed by atoms with Crippen LogP contribution in [0.3, 0.4) is 0 Å². The second-order valence-electron chi connectivity index (χ2n) is 5.08. The third-order valence-corrected chi connectivity index (χ3v) is 3.66. The van der Waals surface area contributed by atoms with Gasteiger partial charge < -0.3 is 10.2 Å². The molecule has 1 fully saturated rings. The third-order valence-electron chi connectivity index (χ3n) is 3.66. The fraction of sp³-hybridized carbons (Fsp3) is 0.600. The second kappa shape index (κ2) is 6.06. The summed E-state index contributed by atoms with van der Waals surface area (Å²) in [5.74, 6) is 0. The van der Waals surface area contributed by atoms with Gasteiger partial charge in [0.05, 0.1) is 0 Å². The van der Waals surface area contributed by atoms with E-state index in [0.29, 0.717) is 6.04 Å². The largest absolute Gasteiger partial charge is 0.382 e. The summed E-state index contributed by atoms with van der Waals surface area (Å²) in [6.07, 6.45) is 3.88. The van der Waals surface area contributed by atoms with Crippen molar-refractivity contribution < 1.29 is 0 Å². The van der Waals surface area contributed by atoms with Crippen molar-refractivity contribution in [3.8, 4) is 0 Å². The van der Waals surface area contributed by atoms with Crippen LogP contribution in [0.1, 0.15) is 31.7 Å². The Balaban J connectivity index is 1.90. The average Bonchev–Trinajstić information content (AvgIpc) is 2.54. The van der Waals surface area contributed by atoms with E-state index in [9.17, 15) is 0 Å². The molecule has 1 heterocycles. The first-order valence-electron chi connectivity index (χ1n) is 6.83. The predicted octanol–water partition coefficient (Wildman–Crippen LogP) is 3.28. The van der Waals surface area contributed by atoms with Gasteiger partial charge in [0.25, 0.3) is 0 Å². The SMILES string of the molecule is CCN1CCCC(Nc2cccc(C)c2)CC1. The van der Waals surface area contributed by atoms with Crippen LogP contribution in [-0.4, -0.2) is 30.6 Å². The van der Waals surface area contributed by atoms with E-state index in [2.05, 4.69) is 48.3 Å².